The molecule has 1 aliphatic rings. The average Bonchev–Trinajstić information content (AvgIpc) is 2.66. The van der Waals surface area contributed by atoms with Gasteiger partial charge in [0.2, 0.25) is 5.91 Å². The van der Waals surface area contributed by atoms with Crippen molar-refractivity contribution in [2.45, 2.75) is 24.9 Å². The number of rotatable bonds is 4. The van der Waals surface area contributed by atoms with Crippen LogP contribution in [0, 0.1) is 0 Å². The van der Waals surface area contributed by atoms with Gasteiger partial charge < -0.3 is 10.4 Å². The Hall–Kier alpha value is -0.750. The molecule has 0 spiro atoms. The van der Waals surface area contributed by atoms with Gasteiger partial charge in [-0.05, 0) is 19.1 Å². The molecule has 1 saturated heterocycles. The summed E-state index contributed by atoms with van der Waals surface area (Å²) in [4.78, 5) is 22.5. The third-order valence-corrected chi connectivity index (χ3v) is 3.75. The summed E-state index contributed by atoms with van der Waals surface area (Å²) < 4.78 is 0. The van der Waals surface area contributed by atoms with Crippen molar-refractivity contribution >= 4 is 23.6 Å². The van der Waals surface area contributed by atoms with Crippen LogP contribution in [0.2, 0.25) is 0 Å². The molecule has 0 radical (unpaired) electrons. The molecule has 5 nitrogen and oxygen atoms in total. The quantitative estimate of drug-likeness (QED) is 0.618. The zero-order valence-corrected chi connectivity index (χ0v) is 9.69. The first-order valence-corrected chi connectivity index (χ1v) is 5.98. The fourth-order valence-corrected chi connectivity index (χ4v) is 2.94. The molecule has 0 aromatic carbocycles. The van der Waals surface area contributed by atoms with Crippen LogP contribution in [0.15, 0.2) is 0 Å². The minimum Gasteiger partial charge on any atom is -0.480 e. The number of nitrogens with one attached hydrogen (secondary N) is 2. The van der Waals surface area contributed by atoms with Gasteiger partial charge in [0, 0.05) is 12.8 Å². The van der Waals surface area contributed by atoms with Crippen molar-refractivity contribution in [2.75, 3.05) is 18.6 Å². The first kappa shape index (κ1) is 12.3. The van der Waals surface area contributed by atoms with Crippen LogP contribution in [0.3, 0.4) is 0 Å². The van der Waals surface area contributed by atoms with Gasteiger partial charge in [-0.25, -0.2) is 0 Å². The smallest absolute Gasteiger partial charge is 0.324 e. The van der Waals surface area contributed by atoms with Gasteiger partial charge in [-0.2, -0.15) is 11.8 Å². The van der Waals surface area contributed by atoms with Crippen molar-refractivity contribution in [3.63, 3.8) is 0 Å². The molecule has 6 heteroatoms. The number of likely N-dealkylation sites (N-methyl/N-ethyl adjacent to an activating group) is 1. The molecule has 0 bridgehead atoms. The summed E-state index contributed by atoms with van der Waals surface area (Å²) in [5, 5.41) is 14.6. The van der Waals surface area contributed by atoms with Gasteiger partial charge in [0.1, 0.15) is 5.54 Å². The number of carboxylic acid groups (broad SMARTS) is 1. The van der Waals surface area contributed by atoms with Crippen molar-refractivity contribution in [1.29, 1.82) is 0 Å². The predicted molar refractivity (Wildman–Crippen MR) is 59.0 cm³/mol. The maximum Gasteiger partial charge on any atom is 0.324 e. The first-order chi connectivity index (χ1) is 7.02. The molecule has 86 valence electrons. The lowest BCUT2D eigenvalue weighted by atomic mass is 9.98. The molecule has 15 heavy (non-hydrogen) atoms. The highest BCUT2D eigenvalue weighted by Crippen LogP contribution is 2.28. The van der Waals surface area contributed by atoms with Crippen LogP contribution in [-0.4, -0.2) is 47.1 Å². The summed E-state index contributed by atoms with van der Waals surface area (Å²) in [6.45, 7) is 1.67. The lowest BCUT2D eigenvalue weighted by Crippen LogP contribution is -2.58. The van der Waals surface area contributed by atoms with Crippen LogP contribution < -0.4 is 10.6 Å². The van der Waals surface area contributed by atoms with E-state index in [-0.39, 0.29) is 5.91 Å². The number of carbonyl (C=O) groups is 2. The fraction of sp³-hybridized carbons (Fsp3) is 0.778. The van der Waals surface area contributed by atoms with E-state index in [1.807, 2.05) is 0 Å². The molecular weight excluding hydrogens is 216 g/mol. The molecule has 0 aliphatic carbocycles. The lowest BCUT2D eigenvalue weighted by molar-refractivity contribution is -0.144. The van der Waals surface area contributed by atoms with Gasteiger partial charge in [0.15, 0.2) is 0 Å². The number of amides is 1. The van der Waals surface area contributed by atoms with E-state index in [2.05, 4.69) is 10.6 Å². The van der Waals surface area contributed by atoms with Crippen molar-refractivity contribution in [3.8, 4) is 0 Å². The minimum absolute atomic E-state index is 0.187. The molecule has 1 rings (SSSR count). The van der Waals surface area contributed by atoms with Gasteiger partial charge in [0.05, 0.1) is 6.04 Å². The van der Waals surface area contributed by atoms with Gasteiger partial charge in [0.25, 0.3) is 0 Å². The second kappa shape index (κ2) is 4.85. The number of hydrogen-bond acceptors (Lipinski definition) is 4. The van der Waals surface area contributed by atoms with Crippen molar-refractivity contribution < 1.29 is 14.7 Å². The monoisotopic (exact) mass is 232 g/mol. The first-order valence-electron chi connectivity index (χ1n) is 4.82. The normalized spacial score (nSPS) is 27.3. The van der Waals surface area contributed by atoms with Crippen LogP contribution >= 0.6 is 11.8 Å². The van der Waals surface area contributed by atoms with Gasteiger partial charge in [-0.15, -0.1) is 0 Å². The Morgan fingerprint density at radius 1 is 1.53 bits per heavy atom. The van der Waals surface area contributed by atoms with Crippen LogP contribution in [0.25, 0.3) is 0 Å². The maximum atomic E-state index is 11.3. The highest BCUT2D eigenvalue weighted by molar-refractivity contribution is 7.99. The fourth-order valence-electron chi connectivity index (χ4n) is 1.61. The SMILES string of the molecule is CNC(=O)C(C)NC1(C(=O)O)CCSC1. The molecule has 2 unspecified atom stereocenters. The number of thioether (sulfide) groups is 1. The summed E-state index contributed by atoms with van der Waals surface area (Å²) in [6.07, 6.45) is 0.564. The molecule has 0 saturated carbocycles. The Labute approximate surface area is 93.0 Å². The summed E-state index contributed by atoms with van der Waals surface area (Å²) in [5.41, 5.74) is -0.934. The third kappa shape index (κ3) is 2.63. The number of aliphatic carboxylic acids is 1. The van der Waals surface area contributed by atoms with E-state index in [4.69, 9.17) is 5.11 Å². The molecule has 0 aromatic rings. The Morgan fingerprint density at radius 2 is 2.20 bits per heavy atom. The predicted octanol–water partition coefficient (Wildman–Crippen LogP) is -0.329. The number of carboxylic acids is 1. The Kier molecular flexibility index (Phi) is 3.98. The second-order valence-electron chi connectivity index (χ2n) is 3.67. The van der Waals surface area contributed by atoms with Crippen molar-refractivity contribution in [2.24, 2.45) is 0 Å². The topological polar surface area (TPSA) is 78.4 Å². The van der Waals surface area contributed by atoms with Crippen LogP contribution in [0.4, 0.5) is 0 Å². The standard InChI is InChI=1S/C9H16N2O3S/c1-6(7(12)10-2)11-9(8(13)14)3-4-15-5-9/h6,11H,3-5H2,1-2H3,(H,10,12)(H,13,14). The Balaban J connectivity index is 2.67. The van der Waals surface area contributed by atoms with Crippen molar-refractivity contribution in [1.82, 2.24) is 10.6 Å². The van der Waals surface area contributed by atoms with E-state index < -0.39 is 17.6 Å². The summed E-state index contributed by atoms with van der Waals surface area (Å²) in [6, 6.07) is -0.482. The second-order valence-corrected chi connectivity index (χ2v) is 4.78. The summed E-state index contributed by atoms with van der Waals surface area (Å²) in [5.74, 6) is 0.277. The maximum absolute atomic E-state index is 11.3. The molecule has 1 heterocycles. The van der Waals surface area contributed by atoms with Crippen LogP contribution in [0.1, 0.15) is 13.3 Å². The largest absolute Gasteiger partial charge is 0.480 e. The highest BCUT2D eigenvalue weighted by Gasteiger charge is 2.43. The zero-order valence-electron chi connectivity index (χ0n) is 8.87. The highest BCUT2D eigenvalue weighted by atomic mass is 32.2. The Morgan fingerprint density at radius 3 is 2.60 bits per heavy atom. The molecule has 1 aliphatic heterocycles. The summed E-state index contributed by atoms with van der Waals surface area (Å²) >= 11 is 1.60. The van der Waals surface area contributed by atoms with Crippen LogP contribution in [0.5, 0.6) is 0 Å². The molecule has 1 amide bonds. The van der Waals surface area contributed by atoms with Gasteiger partial charge >= 0.3 is 5.97 Å². The van der Waals surface area contributed by atoms with E-state index in [1.54, 1.807) is 18.7 Å². The van der Waals surface area contributed by atoms with E-state index in [9.17, 15) is 9.59 Å². The third-order valence-electron chi connectivity index (χ3n) is 2.56. The van der Waals surface area contributed by atoms with Gasteiger partial charge in [-0.3, -0.25) is 14.9 Å². The van der Waals surface area contributed by atoms with Crippen molar-refractivity contribution in [3.05, 3.63) is 0 Å². The molecular formula is C9H16N2O3S. The Bertz CT molecular complexity index is 264. The molecule has 3 N–H and O–H groups in total. The number of carbonyl (C=O) groups excluding carboxylic acids is 1. The molecule has 0 aromatic heterocycles. The van der Waals surface area contributed by atoms with Crippen LogP contribution in [-0.2, 0) is 9.59 Å². The lowest BCUT2D eigenvalue weighted by Gasteiger charge is -2.27. The molecule has 2 atom stereocenters. The number of hydrogen-bond donors (Lipinski definition) is 3. The zero-order chi connectivity index (χ0) is 11.5. The van der Waals surface area contributed by atoms with E-state index in [0.29, 0.717) is 12.2 Å². The average molecular weight is 232 g/mol. The minimum atomic E-state index is -0.934. The van der Waals surface area contributed by atoms with E-state index >= 15 is 0 Å². The van der Waals surface area contributed by atoms with E-state index in [0.717, 1.165) is 5.75 Å². The van der Waals surface area contributed by atoms with E-state index in [1.165, 1.54) is 7.05 Å². The molecule has 1 fully saturated rings. The summed E-state index contributed by atoms with van der Waals surface area (Å²) in [7, 11) is 1.54. The van der Waals surface area contributed by atoms with Gasteiger partial charge in [-0.1, -0.05) is 0 Å².